The number of unbranched alkanes of at least 4 members (excludes halogenated alkanes) is 4. The maximum Gasteiger partial charge on any atom is 0.247 e. The summed E-state index contributed by atoms with van der Waals surface area (Å²) in [5, 5.41) is 23.5. The van der Waals surface area contributed by atoms with E-state index < -0.39 is 24.2 Å². The van der Waals surface area contributed by atoms with Gasteiger partial charge in [0.05, 0.1) is 24.7 Å². The van der Waals surface area contributed by atoms with Crippen LogP contribution in [0.4, 0.5) is 0 Å². The van der Waals surface area contributed by atoms with Crippen LogP contribution in [0.25, 0.3) is 0 Å². The van der Waals surface area contributed by atoms with Gasteiger partial charge in [0, 0.05) is 37.3 Å². The number of fused-ring (bicyclic) bond motifs is 3. The van der Waals surface area contributed by atoms with Gasteiger partial charge in [-0.1, -0.05) is 50.8 Å². The Bertz CT molecular complexity index is 928. The number of carbonyl (C=O) groups excluding carboxylic acids is 2. The van der Waals surface area contributed by atoms with Crippen molar-refractivity contribution in [3.8, 4) is 5.75 Å². The quantitative estimate of drug-likeness (QED) is 0.381. The van der Waals surface area contributed by atoms with Gasteiger partial charge in [-0.05, 0) is 31.4 Å². The molecule has 1 aromatic rings. The standard InChI is InChI=1S/C28H40N2O6/c1-2-3-4-5-6-13-24(32)30(18-19-10-9-16-35-19)22-17-21(28(34)29-14-15-31)25-20-11-7-8-12-23(20)36-27(25)26(22)33/h7-8,11-12,17,19,22,25-27,31,33H,2-6,9-10,13-16,18H2,1H3,(H,29,34)/t19-,22+,25-,26-,27-/m0/s1. The average molecular weight is 501 g/mol. The predicted molar refractivity (Wildman–Crippen MR) is 136 cm³/mol. The highest BCUT2D eigenvalue weighted by Gasteiger charge is 2.50. The number of hydrogen-bond acceptors (Lipinski definition) is 6. The van der Waals surface area contributed by atoms with Gasteiger partial charge in [0.2, 0.25) is 11.8 Å². The van der Waals surface area contributed by atoms with Gasteiger partial charge in [-0.25, -0.2) is 0 Å². The van der Waals surface area contributed by atoms with Crippen LogP contribution in [0.5, 0.6) is 5.75 Å². The molecule has 2 amide bonds. The van der Waals surface area contributed by atoms with Gasteiger partial charge in [0.15, 0.2) is 0 Å². The molecular formula is C28H40N2O6. The molecule has 1 aromatic carbocycles. The summed E-state index contributed by atoms with van der Waals surface area (Å²) < 4.78 is 12.0. The summed E-state index contributed by atoms with van der Waals surface area (Å²) in [5.41, 5.74) is 1.31. The lowest BCUT2D eigenvalue weighted by molar-refractivity contribution is -0.139. The zero-order chi connectivity index (χ0) is 25.5. The van der Waals surface area contributed by atoms with E-state index in [0.29, 0.717) is 30.9 Å². The van der Waals surface area contributed by atoms with Crippen LogP contribution < -0.4 is 10.1 Å². The Labute approximate surface area is 213 Å². The smallest absolute Gasteiger partial charge is 0.247 e. The summed E-state index contributed by atoms with van der Waals surface area (Å²) in [6, 6.07) is 6.79. The second-order valence-electron chi connectivity index (χ2n) is 10.0. The molecule has 3 aliphatic rings. The fourth-order valence-electron chi connectivity index (χ4n) is 5.61. The number of nitrogens with zero attached hydrogens (tertiary/aromatic N) is 1. The van der Waals surface area contributed by atoms with E-state index in [4.69, 9.17) is 9.47 Å². The van der Waals surface area contributed by atoms with Crippen molar-refractivity contribution in [3.63, 3.8) is 0 Å². The van der Waals surface area contributed by atoms with Crippen molar-refractivity contribution in [1.29, 1.82) is 0 Å². The predicted octanol–water partition coefficient (Wildman–Crippen LogP) is 2.68. The van der Waals surface area contributed by atoms with Crippen molar-refractivity contribution >= 4 is 11.8 Å². The highest BCUT2D eigenvalue weighted by atomic mass is 16.5. The van der Waals surface area contributed by atoms with Crippen LogP contribution in [0.15, 0.2) is 35.9 Å². The van der Waals surface area contributed by atoms with Crippen molar-refractivity contribution in [1.82, 2.24) is 10.2 Å². The first-order valence-corrected chi connectivity index (χ1v) is 13.5. The normalized spacial score (nSPS) is 26.5. The minimum Gasteiger partial charge on any atom is -0.486 e. The first-order valence-electron chi connectivity index (χ1n) is 13.5. The number of aliphatic hydroxyl groups is 2. The van der Waals surface area contributed by atoms with Gasteiger partial charge in [-0.3, -0.25) is 9.59 Å². The zero-order valence-corrected chi connectivity index (χ0v) is 21.2. The van der Waals surface area contributed by atoms with Crippen molar-refractivity contribution < 1.29 is 29.3 Å². The molecule has 198 valence electrons. The third kappa shape index (κ3) is 5.93. The van der Waals surface area contributed by atoms with E-state index in [0.717, 1.165) is 50.5 Å². The first kappa shape index (κ1) is 26.6. The monoisotopic (exact) mass is 500 g/mol. The number of nitrogens with one attached hydrogen (secondary N) is 1. The number of amides is 2. The van der Waals surface area contributed by atoms with E-state index in [1.807, 2.05) is 24.3 Å². The number of aliphatic hydroxyl groups excluding tert-OH is 2. The second kappa shape index (κ2) is 12.7. The highest BCUT2D eigenvalue weighted by molar-refractivity contribution is 5.96. The Morgan fingerprint density at radius 2 is 1.97 bits per heavy atom. The van der Waals surface area contributed by atoms with Gasteiger partial charge in [0.1, 0.15) is 18.0 Å². The van der Waals surface area contributed by atoms with Crippen LogP contribution in [-0.2, 0) is 14.3 Å². The van der Waals surface area contributed by atoms with Gasteiger partial charge >= 0.3 is 0 Å². The fraction of sp³-hybridized carbons (Fsp3) is 0.643. The summed E-state index contributed by atoms with van der Waals surface area (Å²) in [5.74, 6) is -0.160. The lowest BCUT2D eigenvalue weighted by Crippen LogP contribution is -2.57. The highest BCUT2D eigenvalue weighted by Crippen LogP contribution is 2.47. The lowest BCUT2D eigenvalue weighted by atomic mass is 9.77. The Hall–Kier alpha value is -2.42. The number of benzene rings is 1. The molecule has 4 rings (SSSR count). The van der Waals surface area contributed by atoms with E-state index in [1.165, 1.54) is 0 Å². The van der Waals surface area contributed by atoms with E-state index in [9.17, 15) is 19.8 Å². The molecule has 36 heavy (non-hydrogen) atoms. The summed E-state index contributed by atoms with van der Waals surface area (Å²) in [7, 11) is 0. The largest absolute Gasteiger partial charge is 0.486 e. The third-order valence-corrected chi connectivity index (χ3v) is 7.48. The molecule has 0 saturated carbocycles. The van der Waals surface area contributed by atoms with Crippen LogP contribution >= 0.6 is 0 Å². The Kier molecular flexibility index (Phi) is 9.40. The molecule has 0 bridgehead atoms. The van der Waals surface area contributed by atoms with E-state index in [2.05, 4.69) is 12.2 Å². The molecule has 3 N–H and O–H groups in total. The molecule has 0 spiro atoms. The van der Waals surface area contributed by atoms with Crippen LogP contribution in [-0.4, -0.2) is 77.6 Å². The van der Waals surface area contributed by atoms with Gasteiger partial charge < -0.3 is 29.9 Å². The molecule has 0 radical (unpaired) electrons. The molecule has 1 saturated heterocycles. The average Bonchev–Trinajstić information content (AvgIpc) is 3.54. The summed E-state index contributed by atoms with van der Waals surface area (Å²) in [6.07, 6.45) is 7.39. The second-order valence-corrected chi connectivity index (χ2v) is 10.0. The van der Waals surface area contributed by atoms with Crippen molar-refractivity contribution in [2.45, 2.75) is 88.6 Å². The number of para-hydroxylation sites is 1. The van der Waals surface area contributed by atoms with Crippen molar-refractivity contribution in [2.75, 3.05) is 26.3 Å². The Balaban J connectivity index is 1.62. The maximum atomic E-state index is 13.5. The summed E-state index contributed by atoms with van der Waals surface area (Å²) in [6.45, 7) is 3.16. The minimum absolute atomic E-state index is 0.0358. The number of rotatable bonds is 12. The van der Waals surface area contributed by atoms with Gasteiger partial charge in [-0.2, -0.15) is 0 Å². The van der Waals surface area contributed by atoms with E-state index in [1.54, 1.807) is 11.0 Å². The maximum absolute atomic E-state index is 13.5. The summed E-state index contributed by atoms with van der Waals surface area (Å²) in [4.78, 5) is 28.4. The van der Waals surface area contributed by atoms with Crippen LogP contribution in [0.3, 0.4) is 0 Å². The molecular weight excluding hydrogens is 460 g/mol. The molecule has 1 fully saturated rings. The Morgan fingerprint density at radius 3 is 2.72 bits per heavy atom. The number of ether oxygens (including phenoxy) is 2. The molecule has 2 aliphatic heterocycles. The van der Waals surface area contributed by atoms with Crippen LogP contribution in [0, 0.1) is 0 Å². The summed E-state index contributed by atoms with van der Waals surface area (Å²) >= 11 is 0. The van der Waals surface area contributed by atoms with Gasteiger partial charge in [0.25, 0.3) is 0 Å². The molecule has 1 aliphatic carbocycles. The number of hydrogen-bond donors (Lipinski definition) is 3. The molecule has 8 nitrogen and oxygen atoms in total. The third-order valence-electron chi connectivity index (χ3n) is 7.48. The molecule has 5 atom stereocenters. The molecule has 0 aromatic heterocycles. The Morgan fingerprint density at radius 1 is 1.17 bits per heavy atom. The van der Waals surface area contributed by atoms with Gasteiger partial charge in [-0.15, -0.1) is 0 Å². The molecule has 2 heterocycles. The SMILES string of the molecule is CCCCCCCC(=O)N(C[C@@H]1CCCO1)[C@@H]1C=C(C(=O)NCCO)[C@@H]2c3ccccc3O[C@@H]2[C@H]1O. The lowest BCUT2D eigenvalue weighted by Gasteiger charge is -2.41. The fourth-order valence-corrected chi connectivity index (χ4v) is 5.61. The first-order chi connectivity index (χ1) is 17.5. The molecule has 0 unspecified atom stereocenters. The molecule has 8 heteroatoms. The van der Waals surface area contributed by atoms with Crippen LogP contribution in [0.2, 0.25) is 0 Å². The van der Waals surface area contributed by atoms with Crippen molar-refractivity contribution in [3.05, 3.63) is 41.5 Å². The topological polar surface area (TPSA) is 108 Å². The van der Waals surface area contributed by atoms with E-state index in [-0.39, 0.29) is 31.1 Å². The zero-order valence-electron chi connectivity index (χ0n) is 21.2. The number of carbonyl (C=O) groups is 2. The minimum atomic E-state index is -0.998. The van der Waals surface area contributed by atoms with Crippen LogP contribution in [0.1, 0.15) is 69.8 Å². The van der Waals surface area contributed by atoms with Crippen molar-refractivity contribution in [2.24, 2.45) is 0 Å². The van der Waals surface area contributed by atoms with E-state index >= 15 is 0 Å².